The fourth-order valence-corrected chi connectivity index (χ4v) is 4.02. The van der Waals surface area contributed by atoms with Crippen molar-refractivity contribution in [1.82, 2.24) is 14.9 Å². The first-order chi connectivity index (χ1) is 13.6. The van der Waals surface area contributed by atoms with Gasteiger partial charge in [0.25, 0.3) is 5.91 Å². The molecule has 1 fully saturated rings. The molecule has 0 bridgehead atoms. The van der Waals surface area contributed by atoms with Gasteiger partial charge in [0.15, 0.2) is 0 Å². The van der Waals surface area contributed by atoms with Crippen molar-refractivity contribution in [3.8, 4) is 5.75 Å². The van der Waals surface area contributed by atoms with Gasteiger partial charge in [0, 0.05) is 18.0 Å². The lowest BCUT2D eigenvalue weighted by molar-refractivity contribution is 0.0597. The number of carbonyl (C=O) groups is 1. The second-order valence-electron chi connectivity index (χ2n) is 7.29. The van der Waals surface area contributed by atoms with Gasteiger partial charge in [0.05, 0.1) is 5.52 Å². The maximum atomic E-state index is 13.3. The first-order valence-corrected chi connectivity index (χ1v) is 9.70. The first kappa shape index (κ1) is 18.2. The highest BCUT2D eigenvalue weighted by Crippen LogP contribution is 2.25. The predicted octanol–water partition coefficient (Wildman–Crippen LogP) is 3.26. The molecule has 144 valence electrons. The van der Waals surface area contributed by atoms with Crippen molar-refractivity contribution in [3.63, 3.8) is 0 Å². The number of piperidine rings is 1. The van der Waals surface area contributed by atoms with Gasteiger partial charge in [-0.15, -0.1) is 0 Å². The molecule has 0 saturated carbocycles. The fraction of sp³-hybridized carbons (Fsp3) is 0.318. The molecule has 3 aromatic rings. The van der Waals surface area contributed by atoms with Crippen LogP contribution in [0.3, 0.4) is 0 Å². The van der Waals surface area contributed by atoms with E-state index in [0.717, 1.165) is 37.7 Å². The lowest BCUT2D eigenvalue weighted by atomic mass is 9.95. The smallest absolute Gasteiger partial charge is 0.346 e. The molecule has 2 aromatic carbocycles. The van der Waals surface area contributed by atoms with Gasteiger partial charge in [-0.3, -0.25) is 4.79 Å². The SMILES string of the molecule is O=C(c1nc(=O)[nH]c2ccccc12)N1CCCCC1CCc1cccc(O)c1. The van der Waals surface area contributed by atoms with Gasteiger partial charge in [-0.1, -0.05) is 30.3 Å². The Hall–Kier alpha value is -3.15. The average Bonchev–Trinajstić information content (AvgIpc) is 2.71. The Morgan fingerprint density at radius 3 is 2.89 bits per heavy atom. The molecule has 1 aliphatic rings. The number of fused-ring (bicyclic) bond motifs is 1. The second kappa shape index (κ2) is 7.84. The standard InChI is InChI=1S/C22H23N3O3/c26-17-8-5-6-15(14-17)11-12-16-7-3-4-13-25(16)21(27)20-18-9-1-2-10-19(18)23-22(28)24-20/h1-2,5-6,8-10,14,16,26H,3-4,7,11-13H2,(H,23,24,28). The number of aryl methyl sites for hydroxylation is 1. The lowest BCUT2D eigenvalue weighted by Crippen LogP contribution is -2.44. The van der Waals surface area contributed by atoms with Crippen molar-refractivity contribution < 1.29 is 9.90 Å². The monoisotopic (exact) mass is 377 g/mol. The topological polar surface area (TPSA) is 86.3 Å². The van der Waals surface area contributed by atoms with Crippen molar-refractivity contribution in [2.75, 3.05) is 6.54 Å². The molecule has 1 saturated heterocycles. The van der Waals surface area contributed by atoms with Crippen LogP contribution >= 0.6 is 0 Å². The number of para-hydroxylation sites is 1. The summed E-state index contributed by atoms with van der Waals surface area (Å²) in [5, 5.41) is 10.3. The third kappa shape index (κ3) is 3.76. The van der Waals surface area contributed by atoms with E-state index >= 15 is 0 Å². The summed E-state index contributed by atoms with van der Waals surface area (Å²) >= 11 is 0. The maximum absolute atomic E-state index is 13.3. The molecule has 2 heterocycles. The molecule has 1 aliphatic heterocycles. The molecule has 0 spiro atoms. The number of phenolic OH excluding ortho intramolecular Hbond substituents is 1. The molecule has 1 amide bonds. The Morgan fingerprint density at radius 1 is 1.18 bits per heavy atom. The molecule has 28 heavy (non-hydrogen) atoms. The molecule has 0 radical (unpaired) electrons. The second-order valence-corrected chi connectivity index (χ2v) is 7.29. The Bertz CT molecular complexity index is 1060. The third-order valence-electron chi connectivity index (χ3n) is 5.40. The molecular weight excluding hydrogens is 354 g/mol. The highest BCUT2D eigenvalue weighted by atomic mass is 16.3. The van der Waals surface area contributed by atoms with Gasteiger partial charge in [-0.25, -0.2) is 4.79 Å². The number of carbonyl (C=O) groups excluding carboxylic acids is 1. The van der Waals surface area contributed by atoms with Gasteiger partial charge in [-0.2, -0.15) is 4.98 Å². The summed E-state index contributed by atoms with van der Waals surface area (Å²) in [4.78, 5) is 33.8. The minimum atomic E-state index is -0.504. The minimum absolute atomic E-state index is 0.100. The van der Waals surface area contributed by atoms with E-state index in [1.807, 2.05) is 35.2 Å². The van der Waals surface area contributed by atoms with Crippen molar-refractivity contribution in [2.45, 2.75) is 38.1 Å². The van der Waals surface area contributed by atoms with Crippen LogP contribution in [0.5, 0.6) is 5.75 Å². The Labute approximate surface area is 162 Å². The van der Waals surface area contributed by atoms with E-state index in [0.29, 0.717) is 17.4 Å². The van der Waals surface area contributed by atoms with Crippen LogP contribution in [-0.4, -0.2) is 38.5 Å². The Balaban J connectivity index is 1.59. The lowest BCUT2D eigenvalue weighted by Gasteiger charge is -2.36. The number of likely N-dealkylation sites (tertiary alicyclic amines) is 1. The van der Waals surface area contributed by atoms with Crippen LogP contribution in [0.15, 0.2) is 53.3 Å². The zero-order valence-electron chi connectivity index (χ0n) is 15.6. The number of benzene rings is 2. The Kier molecular flexibility index (Phi) is 5.10. The molecule has 1 aromatic heterocycles. The number of phenols is 1. The quantitative estimate of drug-likeness (QED) is 0.731. The van der Waals surface area contributed by atoms with Gasteiger partial charge < -0.3 is 15.0 Å². The minimum Gasteiger partial charge on any atom is -0.508 e. The number of nitrogens with one attached hydrogen (secondary N) is 1. The fourth-order valence-electron chi connectivity index (χ4n) is 4.02. The van der Waals surface area contributed by atoms with Crippen molar-refractivity contribution in [1.29, 1.82) is 0 Å². The average molecular weight is 377 g/mol. The molecule has 1 unspecified atom stereocenters. The van der Waals surface area contributed by atoms with Gasteiger partial charge in [0.2, 0.25) is 0 Å². The number of amides is 1. The number of rotatable bonds is 4. The highest BCUT2D eigenvalue weighted by Gasteiger charge is 2.29. The summed E-state index contributed by atoms with van der Waals surface area (Å²) in [5.74, 6) is 0.0798. The largest absolute Gasteiger partial charge is 0.508 e. The van der Waals surface area contributed by atoms with Crippen LogP contribution in [-0.2, 0) is 6.42 Å². The normalized spacial score (nSPS) is 17.0. The van der Waals surface area contributed by atoms with E-state index in [1.54, 1.807) is 18.2 Å². The van der Waals surface area contributed by atoms with E-state index in [4.69, 9.17) is 0 Å². The summed E-state index contributed by atoms with van der Waals surface area (Å²) in [6, 6.07) is 14.6. The van der Waals surface area contributed by atoms with Crippen LogP contribution in [0.25, 0.3) is 10.9 Å². The summed E-state index contributed by atoms with van der Waals surface area (Å²) in [6.07, 6.45) is 4.57. The van der Waals surface area contributed by atoms with Crippen LogP contribution in [0.1, 0.15) is 41.7 Å². The van der Waals surface area contributed by atoms with E-state index < -0.39 is 5.69 Å². The molecule has 6 heteroatoms. The van der Waals surface area contributed by atoms with Gasteiger partial charge in [-0.05, 0) is 55.9 Å². The summed E-state index contributed by atoms with van der Waals surface area (Å²) in [7, 11) is 0. The first-order valence-electron chi connectivity index (χ1n) is 9.70. The summed E-state index contributed by atoms with van der Waals surface area (Å²) in [5.41, 5.74) is 1.40. The zero-order chi connectivity index (χ0) is 19.5. The summed E-state index contributed by atoms with van der Waals surface area (Å²) in [6.45, 7) is 0.673. The van der Waals surface area contributed by atoms with Crippen LogP contribution in [0.2, 0.25) is 0 Å². The molecule has 2 N–H and O–H groups in total. The van der Waals surface area contributed by atoms with E-state index in [9.17, 15) is 14.7 Å². The highest BCUT2D eigenvalue weighted by molar-refractivity contribution is 6.04. The van der Waals surface area contributed by atoms with Gasteiger partial charge >= 0.3 is 5.69 Å². The van der Waals surface area contributed by atoms with Crippen LogP contribution in [0, 0.1) is 0 Å². The van der Waals surface area contributed by atoms with E-state index in [-0.39, 0.29) is 23.4 Å². The van der Waals surface area contributed by atoms with Gasteiger partial charge in [0.1, 0.15) is 11.4 Å². The van der Waals surface area contributed by atoms with Crippen molar-refractivity contribution in [2.24, 2.45) is 0 Å². The van der Waals surface area contributed by atoms with Crippen LogP contribution < -0.4 is 5.69 Å². The molecule has 6 nitrogen and oxygen atoms in total. The molecular formula is C22H23N3O3. The third-order valence-corrected chi connectivity index (χ3v) is 5.40. The number of nitrogens with zero attached hydrogens (tertiary/aromatic N) is 2. The number of hydrogen-bond donors (Lipinski definition) is 2. The molecule has 1 atom stereocenters. The summed E-state index contributed by atoms with van der Waals surface area (Å²) < 4.78 is 0. The van der Waals surface area contributed by atoms with Crippen LogP contribution in [0.4, 0.5) is 0 Å². The number of H-pyrrole nitrogens is 1. The Morgan fingerprint density at radius 2 is 2.04 bits per heavy atom. The molecule has 0 aliphatic carbocycles. The number of aromatic nitrogens is 2. The van der Waals surface area contributed by atoms with Crippen molar-refractivity contribution in [3.05, 3.63) is 70.3 Å². The number of aromatic hydroxyl groups is 1. The predicted molar refractivity (Wildman–Crippen MR) is 107 cm³/mol. The van der Waals surface area contributed by atoms with E-state index in [1.165, 1.54) is 0 Å². The van der Waals surface area contributed by atoms with E-state index in [2.05, 4.69) is 9.97 Å². The number of aromatic amines is 1. The number of hydrogen-bond acceptors (Lipinski definition) is 4. The maximum Gasteiger partial charge on any atom is 0.346 e. The van der Waals surface area contributed by atoms with Crippen molar-refractivity contribution >= 4 is 16.8 Å². The molecule has 4 rings (SSSR count). The zero-order valence-corrected chi connectivity index (χ0v) is 15.6.